The molecular formula is C15H27N3. The van der Waals surface area contributed by atoms with E-state index in [-0.39, 0.29) is 0 Å². The van der Waals surface area contributed by atoms with Gasteiger partial charge in [0.05, 0.1) is 5.69 Å². The molecule has 102 valence electrons. The van der Waals surface area contributed by atoms with Crippen LogP contribution in [0.1, 0.15) is 26.5 Å². The molecule has 1 aromatic heterocycles. The summed E-state index contributed by atoms with van der Waals surface area (Å²) < 4.78 is 0. The molecule has 3 nitrogen and oxygen atoms in total. The fraction of sp³-hybridized carbons (Fsp3) is 0.667. The second kappa shape index (κ2) is 8.22. The molecule has 0 saturated heterocycles. The summed E-state index contributed by atoms with van der Waals surface area (Å²) in [5.41, 5.74) is 1.14. The lowest BCUT2D eigenvalue weighted by molar-refractivity contribution is 0.270. The number of aromatic nitrogens is 1. The molecule has 0 spiro atoms. The first-order valence-electron chi connectivity index (χ1n) is 6.87. The second-order valence-electron chi connectivity index (χ2n) is 5.68. The molecule has 0 aliphatic carbocycles. The van der Waals surface area contributed by atoms with Crippen molar-refractivity contribution in [3.8, 4) is 0 Å². The summed E-state index contributed by atoms with van der Waals surface area (Å²) in [5, 5.41) is 3.51. The monoisotopic (exact) mass is 249 g/mol. The van der Waals surface area contributed by atoms with Gasteiger partial charge in [-0.05, 0) is 44.1 Å². The summed E-state index contributed by atoms with van der Waals surface area (Å²) in [6, 6.07) is 6.09. The van der Waals surface area contributed by atoms with Gasteiger partial charge >= 0.3 is 0 Å². The Balaban J connectivity index is 2.21. The maximum Gasteiger partial charge on any atom is 0.0543 e. The standard InChI is InChI=1S/C15H27N3/c1-13(2)9-16-10-14(3)11-18(4)12-15-7-5-6-8-17-15/h5-8,13-14,16H,9-12H2,1-4H3. The lowest BCUT2D eigenvalue weighted by Gasteiger charge is -2.21. The Morgan fingerprint density at radius 1 is 1.22 bits per heavy atom. The van der Waals surface area contributed by atoms with Gasteiger partial charge in [-0.1, -0.05) is 26.8 Å². The zero-order chi connectivity index (χ0) is 13.4. The van der Waals surface area contributed by atoms with Gasteiger partial charge in [0.2, 0.25) is 0 Å². The van der Waals surface area contributed by atoms with E-state index in [9.17, 15) is 0 Å². The van der Waals surface area contributed by atoms with Crippen molar-refractivity contribution < 1.29 is 0 Å². The Morgan fingerprint density at radius 2 is 2.00 bits per heavy atom. The molecule has 0 radical (unpaired) electrons. The number of nitrogens with one attached hydrogen (secondary N) is 1. The van der Waals surface area contributed by atoms with Crippen molar-refractivity contribution in [1.82, 2.24) is 15.2 Å². The third-order valence-electron chi connectivity index (χ3n) is 2.83. The highest BCUT2D eigenvalue weighted by molar-refractivity contribution is 5.02. The van der Waals surface area contributed by atoms with Crippen LogP contribution in [0.15, 0.2) is 24.4 Å². The van der Waals surface area contributed by atoms with Gasteiger partial charge in [0.1, 0.15) is 0 Å². The van der Waals surface area contributed by atoms with Crippen molar-refractivity contribution in [3.05, 3.63) is 30.1 Å². The molecule has 0 fully saturated rings. The third-order valence-corrected chi connectivity index (χ3v) is 2.83. The summed E-state index contributed by atoms with van der Waals surface area (Å²) in [6.07, 6.45) is 1.86. The summed E-state index contributed by atoms with van der Waals surface area (Å²) in [7, 11) is 2.16. The van der Waals surface area contributed by atoms with Crippen molar-refractivity contribution >= 4 is 0 Å². The van der Waals surface area contributed by atoms with Crippen molar-refractivity contribution in [2.75, 3.05) is 26.7 Å². The van der Waals surface area contributed by atoms with E-state index in [2.05, 4.69) is 49.1 Å². The second-order valence-corrected chi connectivity index (χ2v) is 5.68. The van der Waals surface area contributed by atoms with Crippen LogP contribution in [-0.2, 0) is 6.54 Å². The SMILES string of the molecule is CC(C)CNCC(C)CN(C)Cc1ccccn1. The molecule has 1 N–H and O–H groups in total. The van der Waals surface area contributed by atoms with Gasteiger partial charge < -0.3 is 10.2 Å². The van der Waals surface area contributed by atoms with Crippen molar-refractivity contribution in [2.24, 2.45) is 11.8 Å². The van der Waals surface area contributed by atoms with E-state index in [1.165, 1.54) is 0 Å². The summed E-state index contributed by atoms with van der Waals surface area (Å²) in [5.74, 6) is 1.39. The van der Waals surface area contributed by atoms with Crippen molar-refractivity contribution in [1.29, 1.82) is 0 Å². The van der Waals surface area contributed by atoms with E-state index in [1.54, 1.807) is 0 Å². The van der Waals surface area contributed by atoms with Gasteiger partial charge in [-0.3, -0.25) is 4.98 Å². The highest BCUT2D eigenvalue weighted by Crippen LogP contribution is 2.03. The Morgan fingerprint density at radius 3 is 2.61 bits per heavy atom. The predicted octanol–water partition coefficient (Wildman–Crippen LogP) is 2.40. The summed E-state index contributed by atoms with van der Waals surface area (Å²) in [4.78, 5) is 6.69. The molecule has 0 bridgehead atoms. The van der Waals surface area contributed by atoms with Crippen LogP contribution >= 0.6 is 0 Å². The van der Waals surface area contributed by atoms with Gasteiger partial charge in [0.25, 0.3) is 0 Å². The molecule has 0 amide bonds. The lowest BCUT2D eigenvalue weighted by atomic mass is 10.1. The smallest absolute Gasteiger partial charge is 0.0543 e. The first-order valence-corrected chi connectivity index (χ1v) is 6.87. The fourth-order valence-corrected chi connectivity index (χ4v) is 2.05. The van der Waals surface area contributed by atoms with Gasteiger partial charge in [-0.2, -0.15) is 0 Å². The summed E-state index contributed by atoms with van der Waals surface area (Å²) in [6.45, 7) is 11.0. The average molecular weight is 249 g/mol. The van der Waals surface area contributed by atoms with Crippen LogP contribution in [0.5, 0.6) is 0 Å². The molecule has 1 aromatic rings. The topological polar surface area (TPSA) is 28.2 Å². The maximum atomic E-state index is 4.35. The fourth-order valence-electron chi connectivity index (χ4n) is 2.05. The normalized spacial score (nSPS) is 13.2. The van der Waals surface area contributed by atoms with Gasteiger partial charge in [-0.15, -0.1) is 0 Å². The molecule has 0 aliphatic rings. The number of pyridine rings is 1. The molecule has 0 aromatic carbocycles. The quantitative estimate of drug-likeness (QED) is 0.767. The molecule has 1 unspecified atom stereocenters. The average Bonchev–Trinajstić information content (AvgIpc) is 2.29. The number of hydrogen-bond donors (Lipinski definition) is 1. The van der Waals surface area contributed by atoms with Gasteiger partial charge in [0, 0.05) is 19.3 Å². The van der Waals surface area contributed by atoms with Crippen LogP contribution < -0.4 is 5.32 Å². The Labute approximate surface area is 112 Å². The zero-order valence-corrected chi connectivity index (χ0v) is 12.2. The van der Waals surface area contributed by atoms with Gasteiger partial charge in [-0.25, -0.2) is 0 Å². The minimum Gasteiger partial charge on any atom is -0.316 e. The van der Waals surface area contributed by atoms with E-state index < -0.39 is 0 Å². The largest absolute Gasteiger partial charge is 0.316 e. The minimum atomic E-state index is 0.664. The van der Waals surface area contributed by atoms with E-state index in [0.29, 0.717) is 5.92 Å². The zero-order valence-electron chi connectivity index (χ0n) is 12.2. The highest BCUT2D eigenvalue weighted by Gasteiger charge is 2.07. The molecule has 0 saturated carbocycles. The highest BCUT2D eigenvalue weighted by atomic mass is 15.1. The molecule has 1 atom stereocenters. The van der Waals surface area contributed by atoms with Crippen LogP contribution in [0, 0.1) is 11.8 Å². The molecule has 1 rings (SSSR count). The predicted molar refractivity (Wildman–Crippen MR) is 77.4 cm³/mol. The van der Waals surface area contributed by atoms with Crippen molar-refractivity contribution in [2.45, 2.75) is 27.3 Å². The van der Waals surface area contributed by atoms with E-state index in [4.69, 9.17) is 0 Å². The first-order chi connectivity index (χ1) is 8.58. The van der Waals surface area contributed by atoms with E-state index >= 15 is 0 Å². The third kappa shape index (κ3) is 6.72. The van der Waals surface area contributed by atoms with Crippen LogP contribution in [0.25, 0.3) is 0 Å². The van der Waals surface area contributed by atoms with Crippen molar-refractivity contribution in [3.63, 3.8) is 0 Å². The number of hydrogen-bond acceptors (Lipinski definition) is 3. The lowest BCUT2D eigenvalue weighted by Crippen LogP contribution is -2.32. The van der Waals surface area contributed by atoms with E-state index in [1.807, 2.05) is 18.3 Å². The summed E-state index contributed by atoms with van der Waals surface area (Å²) >= 11 is 0. The Kier molecular flexibility index (Phi) is 6.91. The van der Waals surface area contributed by atoms with Crippen LogP contribution in [0.3, 0.4) is 0 Å². The molecule has 1 heterocycles. The number of nitrogens with zero attached hydrogens (tertiary/aromatic N) is 2. The van der Waals surface area contributed by atoms with Crippen LogP contribution in [-0.4, -0.2) is 36.6 Å². The molecule has 18 heavy (non-hydrogen) atoms. The van der Waals surface area contributed by atoms with Crippen LogP contribution in [0.2, 0.25) is 0 Å². The molecule has 3 heteroatoms. The van der Waals surface area contributed by atoms with Crippen LogP contribution in [0.4, 0.5) is 0 Å². The molecule has 0 aliphatic heterocycles. The molecular weight excluding hydrogens is 222 g/mol. The Hall–Kier alpha value is -0.930. The maximum absolute atomic E-state index is 4.35. The Bertz CT molecular complexity index is 311. The number of rotatable bonds is 8. The first kappa shape index (κ1) is 15.1. The van der Waals surface area contributed by atoms with Gasteiger partial charge in [0.15, 0.2) is 0 Å². The minimum absolute atomic E-state index is 0.664. The van der Waals surface area contributed by atoms with E-state index in [0.717, 1.165) is 37.8 Å².